The van der Waals surface area contributed by atoms with Gasteiger partial charge >= 0.3 is 267 Å². The van der Waals surface area contributed by atoms with Crippen LogP contribution in [0.5, 0.6) is 0 Å². The van der Waals surface area contributed by atoms with Gasteiger partial charge in [0.15, 0.2) is 0 Å². The third kappa shape index (κ3) is 3.93. The summed E-state index contributed by atoms with van der Waals surface area (Å²) in [5, 5.41) is 10.1. The molecular weight excluding hydrogens is 655 g/mol. The van der Waals surface area contributed by atoms with Crippen LogP contribution in [0, 0.1) is 11.3 Å². The Morgan fingerprint density at radius 1 is 0.605 bits per heavy atom. The van der Waals surface area contributed by atoms with E-state index in [1.807, 2.05) is 0 Å². The molecule has 0 fully saturated rings. The number of hydrogen-bond acceptors (Lipinski definition) is 3. The average Bonchev–Trinajstić information content (AvgIpc) is 3.07. The van der Waals surface area contributed by atoms with Crippen LogP contribution < -0.4 is 39.6 Å². The molecule has 43 heavy (non-hydrogen) atoms. The van der Waals surface area contributed by atoms with Crippen molar-refractivity contribution in [1.82, 2.24) is 0 Å². The van der Waals surface area contributed by atoms with Gasteiger partial charge in [-0.2, -0.15) is 0 Å². The summed E-state index contributed by atoms with van der Waals surface area (Å²) in [5.41, 5.74) is 12.4. The fraction of sp³-hybridized carbons (Fsp3) is 0.108. The SMILES string of the molecule is N#Cc1cc2c3c(c1)N(c1ccccc1)c1cc(N4C5=C(CCCC5)[Se]c5ccccc54)ccc1B3c1ccccc1[Se]2. The number of fused-ring (bicyclic) bond motifs is 5. The Morgan fingerprint density at radius 3 is 2.28 bits per heavy atom. The second-order valence-electron chi connectivity index (χ2n) is 11.5. The normalized spacial score (nSPS) is 16.0. The van der Waals surface area contributed by atoms with Crippen molar-refractivity contribution < 1.29 is 0 Å². The van der Waals surface area contributed by atoms with Crippen LogP contribution in [0.15, 0.2) is 119 Å². The van der Waals surface area contributed by atoms with Crippen LogP contribution in [0.1, 0.15) is 31.2 Å². The van der Waals surface area contributed by atoms with E-state index in [4.69, 9.17) is 0 Å². The molecule has 4 aliphatic rings. The van der Waals surface area contributed by atoms with Gasteiger partial charge in [0.2, 0.25) is 0 Å². The summed E-state index contributed by atoms with van der Waals surface area (Å²) in [4.78, 5) is 5.00. The van der Waals surface area contributed by atoms with E-state index in [1.165, 1.54) is 71.8 Å². The Labute approximate surface area is 265 Å². The van der Waals surface area contributed by atoms with Crippen molar-refractivity contribution in [2.24, 2.45) is 0 Å². The molecule has 9 rings (SSSR count). The third-order valence-electron chi connectivity index (χ3n) is 9.07. The number of allylic oxidation sites excluding steroid dienone is 2. The molecule has 0 saturated carbocycles. The van der Waals surface area contributed by atoms with Gasteiger partial charge in [-0.25, -0.2) is 0 Å². The van der Waals surface area contributed by atoms with Gasteiger partial charge in [-0.05, 0) is 0 Å². The molecule has 0 saturated heterocycles. The first-order chi connectivity index (χ1) is 21.3. The predicted octanol–water partition coefficient (Wildman–Crippen LogP) is 4.09. The van der Waals surface area contributed by atoms with E-state index in [-0.39, 0.29) is 21.7 Å². The topological polar surface area (TPSA) is 30.3 Å². The average molecular weight is 681 g/mol. The molecule has 204 valence electrons. The van der Waals surface area contributed by atoms with Crippen molar-refractivity contribution in [3.8, 4) is 6.07 Å². The number of nitrogens with zero attached hydrogens (tertiary/aromatic N) is 3. The van der Waals surface area contributed by atoms with Gasteiger partial charge in [0.05, 0.1) is 0 Å². The van der Waals surface area contributed by atoms with Gasteiger partial charge < -0.3 is 0 Å². The van der Waals surface area contributed by atoms with Crippen LogP contribution in [0.4, 0.5) is 28.4 Å². The molecule has 0 amide bonds. The molecule has 0 atom stereocenters. The van der Waals surface area contributed by atoms with Crippen LogP contribution in [-0.2, 0) is 0 Å². The summed E-state index contributed by atoms with van der Waals surface area (Å²) in [6, 6.07) is 42.7. The zero-order valence-corrected chi connectivity index (χ0v) is 26.9. The molecule has 0 N–H and O–H groups in total. The van der Waals surface area contributed by atoms with E-state index in [1.54, 1.807) is 4.47 Å². The zero-order chi connectivity index (χ0) is 28.5. The van der Waals surface area contributed by atoms with Crippen molar-refractivity contribution in [2.75, 3.05) is 9.80 Å². The van der Waals surface area contributed by atoms with Crippen LogP contribution in [0.2, 0.25) is 0 Å². The number of hydrogen-bond donors (Lipinski definition) is 0. The van der Waals surface area contributed by atoms with Crippen LogP contribution in [0.3, 0.4) is 0 Å². The molecular formula is C37H26BN3Se2. The molecule has 0 spiro atoms. The molecule has 6 heteroatoms. The standard InChI is InChI=1S/C37H26BN3Se2/c39-23-24-20-32-37-36(21-24)42-33-15-7-4-12-28(33)38(37)27-19-18-26(22-31(27)40(32)25-10-2-1-3-11-25)41-29-13-5-8-16-34(29)43-35-17-9-6-14-30(35)41/h1-5,7-8,10-13,15-16,18-22H,6,9,14,17H2. The fourth-order valence-corrected chi connectivity index (χ4v) is 12.4. The summed E-state index contributed by atoms with van der Waals surface area (Å²) in [6.45, 7) is 0.148. The van der Waals surface area contributed by atoms with E-state index in [0.717, 1.165) is 23.4 Å². The van der Waals surface area contributed by atoms with Gasteiger partial charge in [0, 0.05) is 0 Å². The number of para-hydroxylation sites is 2. The van der Waals surface area contributed by atoms with Crippen molar-refractivity contribution >= 4 is 94.8 Å². The number of anilines is 5. The Morgan fingerprint density at radius 2 is 1.40 bits per heavy atom. The van der Waals surface area contributed by atoms with Crippen molar-refractivity contribution in [3.05, 3.63) is 125 Å². The molecule has 0 aromatic heterocycles. The maximum atomic E-state index is 10.1. The number of nitriles is 1. The molecule has 0 unspecified atom stereocenters. The monoisotopic (exact) mass is 683 g/mol. The minimum atomic E-state index is 0.146. The summed E-state index contributed by atoms with van der Waals surface area (Å²) in [6.07, 6.45) is 4.91. The van der Waals surface area contributed by atoms with Crippen molar-refractivity contribution in [2.45, 2.75) is 25.7 Å². The molecule has 3 heterocycles. The molecule has 5 aromatic carbocycles. The van der Waals surface area contributed by atoms with E-state index in [2.05, 4.69) is 125 Å². The summed E-state index contributed by atoms with van der Waals surface area (Å²) in [7, 11) is 0. The summed E-state index contributed by atoms with van der Waals surface area (Å²) in [5.74, 6) is 0. The molecule has 3 nitrogen and oxygen atoms in total. The molecule has 3 aliphatic heterocycles. The zero-order valence-electron chi connectivity index (χ0n) is 23.5. The first-order valence-electron chi connectivity index (χ1n) is 14.9. The van der Waals surface area contributed by atoms with Gasteiger partial charge in [0.25, 0.3) is 0 Å². The third-order valence-corrected chi connectivity index (χ3v) is 14.1. The van der Waals surface area contributed by atoms with Gasteiger partial charge in [0.1, 0.15) is 0 Å². The molecule has 5 aromatic rings. The van der Waals surface area contributed by atoms with Gasteiger partial charge in [-0.1, -0.05) is 0 Å². The van der Waals surface area contributed by atoms with Gasteiger partial charge in [-0.3, -0.25) is 0 Å². The maximum absolute atomic E-state index is 10.1. The summed E-state index contributed by atoms with van der Waals surface area (Å²) < 4.78 is 5.88. The first kappa shape index (κ1) is 25.5. The van der Waals surface area contributed by atoms with Crippen LogP contribution in [0.25, 0.3) is 0 Å². The quantitative estimate of drug-likeness (QED) is 0.258. The molecule has 0 radical (unpaired) electrons. The van der Waals surface area contributed by atoms with Crippen LogP contribution >= 0.6 is 0 Å². The van der Waals surface area contributed by atoms with E-state index >= 15 is 0 Å². The number of rotatable bonds is 2. The summed E-state index contributed by atoms with van der Waals surface area (Å²) >= 11 is 0.538. The second-order valence-corrected chi connectivity index (χ2v) is 16.1. The second kappa shape index (κ2) is 10.1. The Balaban J connectivity index is 1.32. The molecule has 0 bridgehead atoms. The van der Waals surface area contributed by atoms with Gasteiger partial charge in [-0.15, -0.1) is 0 Å². The Hall–Kier alpha value is -3.97. The predicted molar refractivity (Wildman–Crippen MR) is 181 cm³/mol. The molecule has 1 aliphatic carbocycles. The Kier molecular flexibility index (Phi) is 5.97. The van der Waals surface area contributed by atoms with Crippen molar-refractivity contribution in [3.63, 3.8) is 0 Å². The van der Waals surface area contributed by atoms with E-state index in [9.17, 15) is 5.26 Å². The Bertz CT molecular complexity index is 2030. The van der Waals surface area contributed by atoms with E-state index in [0.29, 0.717) is 15.0 Å². The fourth-order valence-electron chi connectivity index (χ4n) is 7.25. The van der Waals surface area contributed by atoms with Crippen LogP contribution in [-0.4, -0.2) is 36.6 Å². The number of benzene rings is 5. The minimum absolute atomic E-state index is 0.146. The van der Waals surface area contributed by atoms with E-state index < -0.39 is 0 Å². The first-order valence-corrected chi connectivity index (χ1v) is 18.3. The van der Waals surface area contributed by atoms with Crippen molar-refractivity contribution in [1.29, 1.82) is 5.26 Å².